The maximum Gasteiger partial charge on any atom is 0.353 e. The molecule has 7 heteroatoms. The Morgan fingerprint density at radius 3 is 2.55 bits per heavy atom. The molecule has 0 atom stereocenters. The number of thiophene rings is 1. The molecule has 6 nitrogen and oxygen atoms in total. The van der Waals surface area contributed by atoms with Crippen LogP contribution in [0.15, 0.2) is 29.6 Å². The molecule has 31 heavy (non-hydrogen) atoms. The van der Waals surface area contributed by atoms with Crippen LogP contribution in [0.25, 0.3) is 21.7 Å². The fourth-order valence-corrected chi connectivity index (χ4v) is 4.71. The molecule has 0 radical (unpaired) electrons. The van der Waals surface area contributed by atoms with Crippen LogP contribution in [0.3, 0.4) is 0 Å². The lowest BCUT2D eigenvalue weighted by Gasteiger charge is -2.24. The van der Waals surface area contributed by atoms with E-state index in [2.05, 4.69) is 0 Å². The number of aryl methyl sites for hydroxylation is 1. The summed E-state index contributed by atoms with van der Waals surface area (Å²) in [6, 6.07) is 7.65. The number of hydrogen-bond donors (Lipinski definition) is 1. The van der Waals surface area contributed by atoms with Gasteiger partial charge in [-0.25, -0.2) is 4.79 Å². The average Bonchev–Trinajstić information content (AvgIpc) is 3.39. The number of hydrogen-bond acceptors (Lipinski definition) is 5. The standard InChI is InChI=1S/C22H21NO5S.C2H6/c1-12(2)28-17-10-14-13(9-16(17)27-3)6-7-23-20(14)19(18-5-4-8-29-18)15(11-24)21(23)22(25)26;1-2/h4-5,8-12H,6-7H2,1-3H3,(H,25,26);1-2H3. The summed E-state index contributed by atoms with van der Waals surface area (Å²) in [4.78, 5) is 24.9. The minimum atomic E-state index is -1.10. The summed E-state index contributed by atoms with van der Waals surface area (Å²) in [6.45, 7) is 8.35. The van der Waals surface area contributed by atoms with E-state index < -0.39 is 5.97 Å². The van der Waals surface area contributed by atoms with Crippen molar-refractivity contribution in [1.82, 2.24) is 4.57 Å². The number of aldehydes is 1. The first-order valence-corrected chi connectivity index (χ1v) is 11.2. The Morgan fingerprint density at radius 2 is 2.00 bits per heavy atom. The zero-order valence-electron chi connectivity index (χ0n) is 18.4. The van der Waals surface area contributed by atoms with Gasteiger partial charge in [0.2, 0.25) is 0 Å². The Hall–Kier alpha value is -3.06. The number of nitrogens with zero attached hydrogens (tertiary/aromatic N) is 1. The van der Waals surface area contributed by atoms with Crippen LogP contribution in [0.4, 0.5) is 0 Å². The van der Waals surface area contributed by atoms with Crippen molar-refractivity contribution in [3.05, 3.63) is 46.5 Å². The van der Waals surface area contributed by atoms with Gasteiger partial charge in [-0.1, -0.05) is 19.9 Å². The lowest BCUT2D eigenvalue weighted by Crippen LogP contribution is -2.17. The van der Waals surface area contributed by atoms with Gasteiger partial charge in [0.25, 0.3) is 0 Å². The number of carbonyl (C=O) groups excluding carboxylic acids is 1. The second-order valence-electron chi connectivity index (χ2n) is 7.11. The molecule has 0 amide bonds. The van der Waals surface area contributed by atoms with Gasteiger partial charge in [-0.15, -0.1) is 11.3 Å². The molecule has 0 spiro atoms. The van der Waals surface area contributed by atoms with Gasteiger partial charge in [0.05, 0.1) is 24.5 Å². The molecule has 0 aliphatic carbocycles. The summed E-state index contributed by atoms with van der Waals surface area (Å²) in [5, 5.41) is 11.8. The van der Waals surface area contributed by atoms with E-state index in [1.807, 2.05) is 57.3 Å². The Kier molecular flexibility index (Phi) is 6.85. The van der Waals surface area contributed by atoms with E-state index >= 15 is 0 Å². The van der Waals surface area contributed by atoms with E-state index in [-0.39, 0.29) is 17.4 Å². The summed E-state index contributed by atoms with van der Waals surface area (Å²) in [6.07, 6.45) is 1.24. The van der Waals surface area contributed by atoms with Gasteiger partial charge in [0.15, 0.2) is 17.8 Å². The first-order valence-electron chi connectivity index (χ1n) is 10.3. The lowest BCUT2D eigenvalue weighted by molar-refractivity contribution is 0.0682. The topological polar surface area (TPSA) is 77.8 Å². The second kappa shape index (κ2) is 9.39. The fraction of sp³-hybridized carbons (Fsp3) is 0.333. The fourth-order valence-electron chi connectivity index (χ4n) is 3.92. The van der Waals surface area contributed by atoms with Crippen molar-refractivity contribution < 1.29 is 24.2 Å². The molecule has 3 heterocycles. The third-order valence-electron chi connectivity index (χ3n) is 5.00. The summed E-state index contributed by atoms with van der Waals surface area (Å²) in [5.41, 5.74) is 3.55. The first-order chi connectivity index (χ1) is 15.0. The van der Waals surface area contributed by atoms with Crippen molar-refractivity contribution in [2.75, 3.05) is 7.11 Å². The van der Waals surface area contributed by atoms with Crippen molar-refractivity contribution in [2.24, 2.45) is 0 Å². The van der Waals surface area contributed by atoms with Crippen LogP contribution in [0, 0.1) is 0 Å². The largest absolute Gasteiger partial charge is 0.493 e. The van der Waals surface area contributed by atoms with E-state index in [0.717, 1.165) is 21.7 Å². The quantitative estimate of drug-likeness (QED) is 0.491. The van der Waals surface area contributed by atoms with Crippen molar-refractivity contribution in [3.63, 3.8) is 0 Å². The average molecular weight is 442 g/mol. The molecular formula is C24H27NO5S. The number of fused-ring (bicyclic) bond motifs is 3. The van der Waals surface area contributed by atoms with E-state index in [1.54, 1.807) is 11.7 Å². The minimum absolute atomic E-state index is 0.0335. The normalized spacial score (nSPS) is 11.8. The molecule has 0 saturated heterocycles. The van der Waals surface area contributed by atoms with E-state index in [9.17, 15) is 14.7 Å². The molecule has 164 valence electrons. The molecule has 0 unspecified atom stereocenters. The van der Waals surface area contributed by atoms with E-state index in [4.69, 9.17) is 9.47 Å². The van der Waals surface area contributed by atoms with Crippen molar-refractivity contribution in [3.8, 4) is 33.2 Å². The van der Waals surface area contributed by atoms with Gasteiger partial charge in [0.1, 0.15) is 5.69 Å². The lowest BCUT2D eigenvalue weighted by atomic mass is 9.94. The summed E-state index contributed by atoms with van der Waals surface area (Å²) in [5.74, 6) is 0.133. The molecular weight excluding hydrogens is 414 g/mol. The molecule has 0 fully saturated rings. The number of rotatable bonds is 6. The van der Waals surface area contributed by atoms with Gasteiger partial charge in [-0.3, -0.25) is 4.79 Å². The number of benzene rings is 1. The van der Waals surface area contributed by atoms with Gasteiger partial charge < -0.3 is 19.1 Å². The molecule has 0 bridgehead atoms. The molecule has 3 aromatic rings. The Labute approximate surface area is 186 Å². The van der Waals surface area contributed by atoms with E-state index in [1.165, 1.54) is 11.3 Å². The van der Waals surface area contributed by atoms with Crippen molar-refractivity contribution in [2.45, 2.75) is 46.8 Å². The van der Waals surface area contributed by atoms with Crippen molar-refractivity contribution >= 4 is 23.6 Å². The van der Waals surface area contributed by atoms with E-state index in [0.29, 0.717) is 36.3 Å². The SMILES string of the molecule is CC.COc1cc2c(cc1OC(C)C)-c1c(-c3cccs3)c(C=O)c(C(=O)O)n1CC2. The Balaban J connectivity index is 0.00000132. The van der Waals surface area contributed by atoms with Crippen LogP contribution in [0.1, 0.15) is 54.1 Å². The zero-order chi connectivity index (χ0) is 22.7. The Morgan fingerprint density at radius 1 is 1.26 bits per heavy atom. The number of aromatic nitrogens is 1. The number of carbonyl (C=O) groups is 2. The monoisotopic (exact) mass is 441 g/mol. The van der Waals surface area contributed by atoms with Crippen LogP contribution in [0.5, 0.6) is 11.5 Å². The van der Waals surface area contributed by atoms with Gasteiger partial charge in [0, 0.05) is 22.5 Å². The van der Waals surface area contributed by atoms with Gasteiger partial charge in [-0.2, -0.15) is 0 Å². The highest BCUT2D eigenvalue weighted by molar-refractivity contribution is 7.13. The number of methoxy groups -OCH3 is 1. The van der Waals surface area contributed by atoms with Gasteiger partial charge in [-0.05, 0) is 49.4 Å². The number of carboxylic acid groups (broad SMARTS) is 1. The number of ether oxygens (including phenoxy) is 2. The maximum absolute atomic E-state index is 12.0. The van der Waals surface area contributed by atoms with Crippen molar-refractivity contribution in [1.29, 1.82) is 0 Å². The van der Waals surface area contributed by atoms with Gasteiger partial charge >= 0.3 is 5.97 Å². The third-order valence-corrected chi connectivity index (χ3v) is 5.89. The number of aromatic carboxylic acids is 1. The predicted molar refractivity (Wildman–Crippen MR) is 123 cm³/mol. The summed E-state index contributed by atoms with van der Waals surface area (Å²) in [7, 11) is 1.60. The van der Waals surface area contributed by atoms with Crippen LogP contribution in [0.2, 0.25) is 0 Å². The minimum Gasteiger partial charge on any atom is -0.493 e. The second-order valence-corrected chi connectivity index (χ2v) is 8.06. The highest BCUT2D eigenvalue weighted by atomic mass is 32.1. The molecule has 2 aromatic heterocycles. The molecule has 1 aliphatic heterocycles. The highest BCUT2D eigenvalue weighted by Gasteiger charge is 2.32. The predicted octanol–water partition coefficient (Wildman–Crippen LogP) is 5.77. The molecule has 1 aliphatic rings. The summed E-state index contributed by atoms with van der Waals surface area (Å²) < 4.78 is 13.2. The molecule has 4 rings (SSSR count). The smallest absolute Gasteiger partial charge is 0.353 e. The number of carboxylic acids is 1. The first kappa shape index (κ1) is 22.6. The third kappa shape index (κ3) is 3.97. The highest BCUT2D eigenvalue weighted by Crippen LogP contribution is 2.46. The molecule has 0 saturated carbocycles. The van der Waals surface area contributed by atoms with Crippen LogP contribution >= 0.6 is 11.3 Å². The molecule has 1 N–H and O–H groups in total. The van der Waals surface area contributed by atoms with Crippen LogP contribution in [-0.4, -0.2) is 35.1 Å². The van der Waals surface area contributed by atoms with Crippen LogP contribution < -0.4 is 9.47 Å². The summed E-state index contributed by atoms with van der Waals surface area (Å²) >= 11 is 1.48. The Bertz CT molecular complexity index is 1100. The van der Waals surface area contributed by atoms with Crippen LogP contribution in [-0.2, 0) is 13.0 Å². The maximum atomic E-state index is 12.0. The molecule has 1 aromatic carbocycles. The zero-order valence-corrected chi connectivity index (χ0v) is 19.2.